The van der Waals surface area contributed by atoms with Crippen molar-refractivity contribution in [2.45, 2.75) is 19.1 Å². The summed E-state index contributed by atoms with van der Waals surface area (Å²) < 4.78 is 13.2. The van der Waals surface area contributed by atoms with Crippen molar-refractivity contribution in [1.82, 2.24) is 19.5 Å². The Morgan fingerprint density at radius 2 is 1.82 bits per heavy atom. The number of methoxy groups -OCH3 is 1. The molecule has 0 aliphatic carbocycles. The van der Waals surface area contributed by atoms with Gasteiger partial charge in [0.1, 0.15) is 6.23 Å². The molecule has 3 aromatic rings. The van der Waals surface area contributed by atoms with Gasteiger partial charge in [-0.05, 0) is 25.0 Å². The van der Waals surface area contributed by atoms with Gasteiger partial charge in [-0.1, -0.05) is 18.2 Å². The minimum atomic E-state index is -0.00705. The van der Waals surface area contributed by atoms with E-state index in [0.717, 1.165) is 62.6 Å². The number of fused-ring (bicyclic) bond motifs is 1. The van der Waals surface area contributed by atoms with Crippen molar-refractivity contribution in [3.8, 4) is 6.01 Å². The molecule has 146 valence electrons. The number of ether oxygens (including phenoxy) is 2. The van der Waals surface area contributed by atoms with Crippen molar-refractivity contribution in [1.29, 1.82) is 0 Å². The van der Waals surface area contributed by atoms with Crippen LogP contribution in [0.1, 0.15) is 19.1 Å². The molecule has 28 heavy (non-hydrogen) atoms. The summed E-state index contributed by atoms with van der Waals surface area (Å²) in [7, 11) is 1.60. The van der Waals surface area contributed by atoms with Crippen LogP contribution < -0.4 is 14.5 Å². The molecule has 4 heterocycles. The molecule has 1 aromatic carbocycles. The smallest absolute Gasteiger partial charge is 0.320 e. The van der Waals surface area contributed by atoms with Gasteiger partial charge >= 0.3 is 6.01 Å². The van der Waals surface area contributed by atoms with Crippen molar-refractivity contribution in [3.63, 3.8) is 0 Å². The average molecular weight is 380 g/mol. The SMILES string of the molecule is COc1nc(N2CCN(c3ccccc3)CC2)c2ncn([C@@H]3CCCO3)c2n1. The number of imidazole rings is 1. The maximum atomic E-state index is 5.83. The van der Waals surface area contributed by atoms with Gasteiger partial charge in [0.05, 0.1) is 13.4 Å². The molecule has 2 aliphatic heterocycles. The lowest BCUT2D eigenvalue weighted by atomic mass is 10.2. The van der Waals surface area contributed by atoms with Crippen LogP contribution in [-0.4, -0.2) is 59.4 Å². The van der Waals surface area contributed by atoms with Gasteiger partial charge in [0.2, 0.25) is 0 Å². The minimum absolute atomic E-state index is 0.00705. The highest BCUT2D eigenvalue weighted by atomic mass is 16.5. The molecule has 2 fully saturated rings. The van der Waals surface area contributed by atoms with Crippen LogP contribution in [0.5, 0.6) is 6.01 Å². The predicted molar refractivity (Wildman–Crippen MR) is 107 cm³/mol. The number of piperazine rings is 1. The monoisotopic (exact) mass is 380 g/mol. The fourth-order valence-electron chi connectivity index (χ4n) is 4.00. The first-order valence-electron chi connectivity index (χ1n) is 9.78. The third kappa shape index (κ3) is 3.03. The van der Waals surface area contributed by atoms with E-state index in [1.54, 1.807) is 7.11 Å². The first-order chi connectivity index (χ1) is 13.8. The van der Waals surface area contributed by atoms with Crippen LogP contribution in [0.25, 0.3) is 11.2 Å². The van der Waals surface area contributed by atoms with Crippen LogP contribution in [0, 0.1) is 0 Å². The number of nitrogens with zero attached hydrogens (tertiary/aromatic N) is 6. The van der Waals surface area contributed by atoms with E-state index in [9.17, 15) is 0 Å². The van der Waals surface area contributed by atoms with Gasteiger partial charge in [-0.25, -0.2) is 4.98 Å². The van der Waals surface area contributed by atoms with Crippen LogP contribution in [0.15, 0.2) is 36.7 Å². The molecule has 0 saturated carbocycles. The van der Waals surface area contributed by atoms with E-state index in [1.807, 2.05) is 17.0 Å². The predicted octanol–water partition coefficient (Wildman–Crippen LogP) is 2.47. The van der Waals surface area contributed by atoms with Gasteiger partial charge < -0.3 is 19.3 Å². The number of aromatic nitrogens is 4. The van der Waals surface area contributed by atoms with Crippen molar-refractivity contribution < 1.29 is 9.47 Å². The molecular weight excluding hydrogens is 356 g/mol. The minimum Gasteiger partial charge on any atom is -0.467 e. The van der Waals surface area contributed by atoms with E-state index in [2.05, 4.69) is 49.0 Å². The highest BCUT2D eigenvalue weighted by molar-refractivity contribution is 5.84. The van der Waals surface area contributed by atoms with Crippen LogP contribution in [-0.2, 0) is 4.74 Å². The Morgan fingerprint density at radius 1 is 1.04 bits per heavy atom. The van der Waals surface area contributed by atoms with Gasteiger partial charge in [-0.15, -0.1) is 0 Å². The van der Waals surface area contributed by atoms with Gasteiger partial charge in [0, 0.05) is 38.5 Å². The van der Waals surface area contributed by atoms with E-state index in [4.69, 9.17) is 9.47 Å². The number of hydrogen-bond donors (Lipinski definition) is 0. The molecule has 0 unspecified atom stereocenters. The Morgan fingerprint density at radius 3 is 2.54 bits per heavy atom. The fraction of sp³-hybridized carbons (Fsp3) is 0.450. The third-order valence-electron chi connectivity index (χ3n) is 5.48. The first-order valence-corrected chi connectivity index (χ1v) is 9.78. The summed E-state index contributed by atoms with van der Waals surface area (Å²) in [6.45, 7) is 4.39. The summed E-state index contributed by atoms with van der Waals surface area (Å²) in [5.74, 6) is 0.839. The maximum absolute atomic E-state index is 5.83. The van der Waals surface area contributed by atoms with Crippen LogP contribution >= 0.6 is 0 Å². The summed E-state index contributed by atoms with van der Waals surface area (Å²) in [5.41, 5.74) is 2.85. The molecule has 8 nitrogen and oxygen atoms in total. The topological polar surface area (TPSA) is 68.5 Å². The zero-order valence-electron chi connectivity index (χ0n) is 16.0. The van der Waals surface area contributed by atoms with Gasteiger partial charge in [-0.2, -0.15) is 9.97 Å². The molecular formula is C20H24N6O2. The van der Waals surface area contributed by atoms with Crippen LogP contribution in [0.3, 0.4) is 0 Å². The molecule has 1 atom stereocenters. The Kier molecular flexibility index (Phi) is 4.48. The Balaban J connectivity index is 1.44. The maximum Gasteiger partial charge on any atom is 0.320 e. The summed E-state index contributed by atoms with van der Waals surface area (Å²) in [4.78, 5) is 18.5. The normalized spacial score (nSPS) is 20.1. The lowest BCUT2D eigenvalue weighted by molar-refractivity contribution is 0.0592. The Bertz CT molecular complexity index is 946. The van der Waals surface area contributed by atoms with Gasteiger partial charge in [0.15, 0.2) is 17.0 Å². The second kappa shape index (κ2) is 7.27. The average Bonchev–Trinajstić information content (AvgIpc) is 3.43. The molecule has 0 radical (unpaired) electrons. The van der Waals surface area contributed by atoms with E-state index in [0.29, 0.717) is 6.01 Å². The number of anilines is 2. The van der Waals surface area contributed by atoms with E-state index in [1.165, 1.54) is 5.69 Å². The standard InChI is InChI=1S/C20H24N6O2/c1-27-20-22-18(17-19(23-20)26(14-21-17)16-8-5-13-28-16)25-11-9-24(10-12-25)15-6-3-2-4-7-15/h2-4,6-7,14,16H,5,8-13H2,1H3/t16-/m0/s1. The van der Waals surface area contributed by atoms with Crippen molar-refractivity contribution in [2.24, 2.45) is 0 Å². The molecule has 8 heteroatoms. The van der Waals surface area contributed by atoms with E-state index < -0.39 is 0 Å². The summed E-state index contributed by atoms with van der Waals surface area (Å²) in [6.07, 6.45) is 3.84. The number of para-hydroxylation sites is 1. The second-order valence-electron chi connectivity index (χ2n) is 7.14. The molecule has 0 N–H and O–H groups in total. The Labute approximate surface area is 163 Å². The van der Waals surface area contributed by atoms with Crippen molar-refractivity contribution in [3.05, 3.63) is 36.7 Å². The first kappa shape index (κ1) is 17.2. The van der Waals surface area contributed by atoms with Crippen molar-refractivity contribution in [2.75, 3.05) is 49.7 Å². The van der Waals surface area contributed by atoms with Crippen LogP contribution in [0.4, 0.5) is 11.5 Å². The number of hydrogen-bond acceptors (Lipinski definition) is 7. The molecule has 2 aromatic heterocycles. The molecule has 2 saturated heterocycles. The summed E-state index contributed by atoms with van der Waals surface area (Å²) in [6, 6.07) is 10.9. The van der Waals surface area contributed by atoms with Gasteiger partial charge in [0.25, 0.3) is 0 Å². The molecule has 5 rings (SSSR count). The largest absolute Gasteiger partial charge is 0.467 e. The molecule has 0 spiro atoms. The lowest BCUT2D eigenvalue weighted by Crippen LogP contribution is -2.47. The quantitative estimate of drug-likeness (QED) is 0.689. The second-order valence-corrected chi connectivity index (χ2v) is 7.14. The number of benzene rings is 1. The van der Waals surface area contributed by atoms with E-state index in [-0.39, 0.29) is 6.23 Å². The third-order valence-corrected chi connectivity index (χ3v) is 5.48. The zero-order valence-corrected chi connectivity index (χ0v) is 16.0. The highest BCUT2D eigenvalue weighted by Gasteiger charge is 2.26. The lowest BCUT2D eigenvalue weighted by Gasteiger charge is -2.36. The highest BCUT2D eigenvalue weighted by Crippen LogP contribution is 2.31. The van der Waals surface area contributed by atoms with Crippen LogP contribution in [0.2, 0.25) is 0 Å². The molecule has 2 aliphatic rings. The van der Waals surface area contributed by atoms with Crippen molar-refractivity contribution >= 4 is 22.7 Å². The molecule has 0 bridgehead atoms. The number of rotatable bonds is 4. The Hall–Kier alpha value is -2.87. The van der Waals surface area contributed by atoms with E-state index >= 15 is 0 Å². The zero-order chi connectivity index (χ0) is 18.9. The fourth-order valence-corrected chi connectivity index (χ4v) is 4.00. The van der Waals surface area contributed by atoms with Gasteiger partial charge in [-0.3, -0.25) is 4.57 Å². The molecule has 0 amide bonds. The summed E-state index contributed by atoms with van der Waals surface area (Å²) >= 11 is 0. The summed E-state index contributed by atoms with van der Waals surface area (Å²) in [5, 5.41) is 0.